The van der Waals surface area contributed by atoms with E-state index in [0.717, 1.165) is 0 Å². The predicted molar refractivity (Wildman–Crippen MR) is 89.8 cm³/mol. The van der Waals surface area contributed by atoms with Gasteiger partial charge in [-0.1, -0.05) is 12.1 Å². The molecule has 0 saturated heterocycles. The van der Waals surface area contributed by atoms with Gasteiger partial charge in [0.25, 0.3) is 5.91 Å². The fraction of sp³-hybridized carbons (Fsp3) is 0.353. The Morgan fingerprint density at radius 2 is 2.12 bits per heavy atom. The number of rotatable bonds is 8. The molecule has 6 nitrogen and oxygen atoms in total. The highest BCUT2D eigenvalue weighted by molar-refractivity contribution is 7.09. The third kappa shape index (κ3) is 4.32. The summed E-state index contributed by atoms with van der Waals surface area (Å²) < 4.78 is 5.74. The van der Waals surface area contributed by atoms with E-state index in [1.54, 1.807) is 18.2 Å². The number of hydrogen-bond donors (Lipinski definition) is 2. The number of carbonyl (C=O) groups is 2. The van der Waals surface area contributed by atoms with Crippen LogP contribution in [0.5, 0.6) is 5.75 Å². The summed E-state index contributed by atoms with van der Waals surface area (Å²) >= 11 is 1.28. The topological polar surface area (TPSA) is 88.5 Å². The van der Waals surface area contributed by atoms with E-state index in [1.165, 1.54) is 29.6 Å². The number of benzene rings is 1. The van der Waals surface area contributed by atoms with Crippen LogP contribution in [0.15, 0.2) is 29.6 Å². The second-order valence-corrected chi connectivity index (χ2v) is 6.63. The first-order valence-electron chi connectivity index (χ1n) is 7.81. The van der Waals surface area contributed by atoms with Crippen molar-refractivity contribution in [1.82, 2.24) is 10.3 Å². The van der Waals surface area contributed by atoms with Crippen LogP contribution in [0, 0.1) is 5.92 Å². The molecule has 1 aliphatic rings. The molecule has 1 amide bonds. The van der Waals surface area contributed by atoms with Gasteiger partial charge in [-0.25, -0.2) is 9.78 Å². The van der Waals surface area contributed by atoms with Gasteiger partial charge in [-0.05, 0) is 30.9 Å². The number of amides is 1. The van der Waals surface area contributed by atoms with Gasteiger partial charge in [0.1, 0.15) is 5.75 Å². The van der Waals surface area contributed by atoms with E-state index in [9.17, 15) is 9.59 Å². The molecule has 0 bridgehead atoms. The molecule has 1 heterocycles. The molecule has 1 aromatic heterocycles. The van der Waals surface area contributed by atoms with Gasteiger partial charge in [-0.15, -0.1) is 11.3 Å². The molecule has 126 valence electrons. The Labute approximate surface area is 143 Å². The van der Waals surface area contributed by atoms with E-state index in [1.807, 2.05) is 6.07 Å². The first kappa shape index (κ1) is 16.4. The summed E-state index contributed by atoms with van der Waals surface area (Å²) in [5.74, 6) is -0.0153. The average Bonchev–Trinajstić information content (AvgIpc) is 3.29. The number of para-hydroxylation sites is 1. The fourth-order valence-corrected chi connectivity index (χ4v) is 2.95. The SMILES string of the molecule is O=C(O)c1csc(CCNC(=O)c2ccccc2OCC2CC2)n1. The van der Waals surface area contributed by atoms with Crippen molar-refractivity contribution in [3.05, 3.63) is 45.9 Å². The highest BCUT2D eigenvalue weighted by Gasteiger charge is 2.23. The van der Waals surface area contributed by atoms with Crippen molar-refractivity contribution in [3.63, 3.8) is 0 Å². The third-order valence-corrected chi connectivity index (χ3v) is 4.61. The molecule has 0 spiro atoms. The summed E-state index contributed by atoms with van der Waals surface area (Å²) in [7, 11) is 0. The van der Waals surface area contributed by atoms with Crippen molar-refractivity contribution in [3.8, 4) is 5.75 Å². The molecule has 1 saturated carbocycles. The molecule has 24 heavy (non-hydrogen) atoms. The Morgan fingerprint density at radius 1 is 1.33 bits per heavy atom. The minimum atomic E-state index is -1.04. The average molecular weight is 346 g/mol. The lowest BCUT2D eigenvalue weighted by atomic mass is 10.2. The molecule has 0 radical (unpaired) electrons. The summed E-state index contributed by atoms with van der Waals surface area (Å²) in [6.07, 6.45) is 2.88. The van der Waals surface area contributed by atoms with Crippen LogP contribution in [0.2, 0.25) is 0 Å². The molecule has 0 unspecified atom stereocenters. The van der Waals surface area contributed by atoms with Gasteiger partial charge < -0.3 is 15.2 Å². The molecule has 0 atom stereocenters. The van der Waals surface area contributed by atoms with Crippen LogP contribution in [-0.2, 0) is 6.42 Å². The highest BCUT2D eigenvalue weighted by atomic mass is 32.1. The van der Waals surface area contributed by atoms with Crippen LogP contribution in [0.1, 0.15) is 38.7 Å². The number of carbonyl (C=O) groups excluding carboxylic acids is 1. The van der Waals surface area contributed by atoms with Gasteiger partial charge in [0.15, 0.2) is 5.69 Å². The zero-order valence-corrected chi connectivity index (χ0v) is 13.8. The number of carboxylic acids is 1. The van der Waals surface area contributed by atoms with Gasteiger partial charge in [-0.3, -0.25) is 4.79 Å². The number of nitrogens with zero attached hydrogens (tertiary/aromatic N) is 1. The first-order chi connectivity index (χ1) is 11.6. The molecular formula is C17H18N2O4S. The largest absolute Gasteiger partial charge is 0.492 e. The van der Waals surface area contributed by atoms with E-state index in [4.69, 9.17) is 9.84 Å². The lowest BCUT2D eigenvalue weighted by Crippen LogP contribution is -2.26. The summed E-state index contributed by atoms with van der Waals surface area (Å²) in [6, 6.07) is 7.20. The maximum absolute atomic E-state index is 12.3. The molecule has 1 aromatic carbocycles. The second kappa shape index (κ2) is 7.44. The van der Waals surface area contributed by atoms with Gasteiger partial charge in [-0.2, -0.15) is 0 Å². The molecule has 7 heteroatoms. The Morgan fingerprint density at radius 3 is 2.83 bits per heavy atom. The Bertz CT molecular complexity index is 740. The van der Waals surface area contributed by atoms with E-state index in [-0.39, 0.29) is 11.6 Å². The van der Waals surface area contributed by atoms with Crippen molar-refractivity contribution in [2.45, 2.75) is 19.3 Å². The minimum Gasteiger partial charge on any atom is -0.492 e. The number of aromatic nitrogens is 1. The van der Waals surface area contributed by atoms with Gasteiger partial charge >= 0.3 is 5.97 Å². The Balaban J connectivity index is 1.53. The number of carboxylic acid groups (broad SMARTS) is 1. The maximum Gasteiger partial charge on any atom is 0.355 e. The van der Waals surface area contributed by atoms with Crippen LogP contribution in [-0.4, -0.2) is 35.1 Å². The summed E-state index contributed by atoms with van der Waals surface area (Å²) in [4.78, 5) is 27.1. The molecular weight excluding hydrogens is 328 g/mol. The third-order valence-electron chi connectivity index (χ3n) is 3.70. The Kier molecular flexibility index (Phi) is 5.10. The van der Waals surface area contributed by atoms with Crippen molar-refractivity contribution in [1.29, 1.82) is 0 Å². The van der Waals surface area contributed by atoms with Crippen molar-refractivity contribution in [2.75, 3.05) is 13.2 Å². The zero-order valence-electron chi connectivity index (χ0n) is 13.0. The van der Waals surface area contributed by atoms with Crippen LogP contribution in [0.4, 0.5) is 0 Å². The summed E-state index contributed by atoms with van der Waals surface area (Å²) in [5, 5.41) is 13.9. The van der Waals surface area contributed by atoms with Crippen molar-refractivity contribution in [2.24, 2.45) is 5.92 Å². The lowest BCUT2D eigenvalue weighted by Gasteiger charge is -2.11. The first-order valence-corrected chi connectivity index (χ1v) is 8.69. The fourth-order valence-electron chi connectivity index (χ4n) is 2.17. The van der Waals surface area contributed by atoms with Crippen molar-refractivity contribution < 1.29 is 19.4 Å². The molecule has 2 N–H and O–H groups in total. The lowest BCUT2D eigenvalue weighted by molar-refractivity contribution is 0.0690. The second-order valence-electron chi connectivity index (χ2n) is 5.69. The molecule has 3 rings (SSSR count). The molecule has 1 fully saturated rings. The monoisotopic (exact) mass is 346 g/mol. The predicted octanol–water partition coefficient (Wildman–Crippen LogP) is 2.60. The van der Waals surface area contributed by atoms with E-state index >= 15 is 0 Å². The molecule has 1 aliphatic carbocycles. The normalized spacial score (nSPS) is 13.5. The maximum atomic E-state index is 12.3. The number of nitrogens with one attached hydrogen (secondary N) is 1. The highest BCUT2D eigenvalue weighted by Crippen LogP contribution is 2.30. The van der Waals surface area contributed by atoms with Gasteiger partial charge in [0.2, 0.25) is 0 Å². The van der Waals surface area contributed by atoms with E-state index in [0.29, 0.717) is 41.8 Å². The van der Waals surface area contributed by atoms with Crippen LogP contribution in [0.3, 0.4) is 0 Å². The van der Waals surface area contributed by atoms with Crippen molar-refractivity contribution >= 4 is 23.2 Å². The smallest absolute Gasteiger partial charge is 0.355 e. The van der Waals surface area contributed by atoms with Gasteiger partial charge in [0, 0.05) is 18.3 Å². The number of aromatic carboxylic acids is 1. The number of hydrogen-bond acceptors (Lipinski definition) is 5. The minimum absolute atomic E-state index is 0.0418. The standard InChI is InChI=1S/C17H18N2O4S/c20-16(18-8-7-15-19-13(10-24-15)17(21)22)12-3-1-2-4-14(12)23-9-11-5-6-11/h1-4,10-11H,5-9H2,(H,18,20)(H,21,22). The van der Waals surface area contributed by atoms with E-state index < -0.39 is 5.97 Å². The zero-order chi connectivity index (χ0) is 16.9. The summed E-state index contributed by atoms with van der Waals surface area (Å²) in [5.41, 5.74) is 0.559. The van der Waals surface area contributed by atoms with E-state index in [2.05, 4.69) is 10.3 Å². The Hall–Kier alpha value is -2.41. The van der Waals surface area contributed by atoms with Gasteiger partial charge in [0.05, 0.1) is 17.2 Å². The number of ether oxygens (including phenoxy) is 1. The van der Waals surface area contributed by atoms with Crippen LogP contribution < -0.4 is 10.1 Å². The van der Waals surface area contributed by atoms with Crippen LogP contribution in [0.25, 0.3) is 0 Å². The molecule has 2 aromatic rings. The number of thiazole rings is 1. The van der Waals surface area contributed by atoms with Crippen LogP contribution >= 0.6 is 11.3 Å². The quantitative estimate of drug-likeness (QED) is 0.767. The summed E-state index contributed by atoms with van der Waals surface area (Å²) in [6.45, 7) is 1.05. The molecule has 0 aliphatic heterocycles.